The lowest BCUT2D eigenvalue weighted by Gasteiger charge is -2.29. The van der Waals surface area contributed by atoms with Gasteiger partial charge in [0.25, 0.3) is 0 Å². The largest absolute Gasteiger partial charge is 0.357 e. The molecular formula is C25H30N6O2. The lowest BCUT2D eigenvalue weighted by Crippen LogP contribution is -2.42. The SMILES string of the molecule is CC(c1cc2ccccc2[nH]1)N(C)C(=O)/C=C/c1cnc2c(c1)CN(CCN(C)C)C(=O)N2. The molecule has 0 aliphatic carbocycles. The van der Waals surface area contributed by atoms with E-state index in [9.17, 15) is 9.59 Å². The van der Waals surface area contributed by atoms with Crippen LogP contribution in [0.3, 0.4) is 0 Å². The second kappa shape index (κ2) is 9.46. The van der Waals surface area contributed by atoms with Crippen molar-refractivity contribution in [2.45, 2.75) is 19.5 Å². The number of likely N-dealkylation sites (N-methyl/N-ethyl adjacent to an activating group) is 2. The van der Waals surface area contributed by atoms with Crippen LogP contribution in [-0.4, -0.2) is 70.8 Å². The van der Waals surface area contributed by atoms with Crippen LogP contribution in [0.4, 0.5) is 10.6 Å². The molecule has 0 saturated carbocycles. The molecule has 3 amide bonds. The normalized spacial score (nSPS) is 14.6. The van der Waals surface area contributed by atoms with Gasteiger partial charge in [-0.15, -0.1) is 0 Å². The number of carbonyl (C=O) groups excluding carboxylic acids is 2. The van der Waals surface area contributed by atoms with Crippen molar-refractivity contribution in [1.82, 2.24) is 24.7 Å². The third kappa shape index (κ3) is 5.06. The van der Waals surface area contributed by atoms with Crippen molar-refractivity contribution in [1.29, 1.82) is 0 Å². The fourth-order valence-corrected chi connectivity index (χ4v) is 3.82. The molecule has 2 N–H and O–H groups in total. The van der Waals surface area contributed by atoms with Gasteiger partial charge in [0.15, 0.2) is 0 Å². The first-order valence-corrected chi connectivity index (χ1v) is 11.0. The zero-order chi connectivity index (χ0) is 23.5. The number of aromatic amines is 1. The predicted octanol–water partition coefficient (Wildman–Crippen LogP) is 3.70. The van der Waals surface area contributed by atoms with Crippen LogP contribution >= 0.6 is 0 Å². The number of nitrogens with zero attached hydrogens (tertiary/aromatic N) is 4. The van der Waals surface area contributed by atoms with Gasteiger partial charge in [-0.1, -0.05) is 18.2 Å². The van der Waals surface area contributed by atoms with Crippen LogP contribution in [0.15, 0.2) is 48.7 Å². The number of urea groups is 1. The number of nitrogens with one attached hydrogen (secondary N) is 2. The van der Waals surface area contributed by atoms with E-state index in [1.54, 1.807) is 35.2 Å². The number of H-pyrrole nitrogens is 1. The van der Waals surface area contributed by atoms with Crippen LogP contribution in [0.5, 0.6) is 0 Å². The van der Waals surface area contributed by atoms with Gasteiger partial charge in [0.2, 0.25) is 5.91 Å². The highest BCUT2D eigenvalue weighted by Crippen LogP contribution is 2.24. The Morgan fingerprint density at radius 2 is 2.03 bits per heavy atom. The van der Waals surface area contributed by atoms with Gasteiger partial charge in [-0.2, -0.15) is 0 Å². The van der Waals surface area contributed by atoms with Crippen LogP contribution in [0, 0.1) is 0 Å². The number of para-hydroxylation sites is 1. The van der Waals surface area contributed by atoms with E-state index in [2.05, 4.69) is 27.4 Å². The maximum absolute atomic E-state index is 12.8. The summed E-state index contributed by atoms with van der Waals surface area (Å²) >= 11 is 0. The number of anilines is 1. The Balaban J connectivity index is 1.43. The quantitative estimate of drug-likeness (QED) is 0.542. The Bertz CT molecular complexity index is 1170. The van der Waals surface area contributed by atoms with Crippen LogP contribution in [0.1, 0.15) is 29.8 Å². The van der Waals surface area contributed by atoms with Crippen LogP contribution in [0.2, 0.25) is 0 Å². The van der Waals surface area contributed by atoms with Gasteiger partial charge >= 0.3 is 6.03 Å². The zero-order valence-electron chi connectivity index (χ0n) is 19.5. The number of hydrogen-bond donors (Lipinski definition) is 2. The molecule has 0 fully saturated rings. The summed E-state index contributed by atoms with van der Waals surface area (Å²) in [7, 11) is 5.76. The van der Waals surface area contributed by atoms with Gasteiger partial charge in [0, 0.05) is 49.2 Å². The molecule has 3 heterocycles. The highest BCUT2D eigenvalue weighted by atomic mass is 16.2. The molecule has 4 rings (SSSR count). The fourth-order valence-electron chi connectivity index (χ4n) is 3.82. The molecule has 1 aliphatic heterocycles. The molecule has 2 aromatic heterocycles. The summed E-state index contributed by atoms with van der Waals surface area (Å²) in [5.74, 6) is 0.480. The monoisotopic (exact) mass is 446 g/mol. The zero-order valence-corrected chi connectivity index (χ0v) is 19.5. The number of aromatic nitrogens is 2. The average Bonchev–Trinajstić information content (AvgIpc) is 3.24. The maximum Gasteiger partial charge on any atom is 0.323 e. The second-order valence-electron chi connectivity index (χ2n) is 8.70. The van der Waals surface area contributed by atoms with E-state index in [1.165, 1.54) is 0 Å². The van der Waals surface area contributed by atoms with Crippen LogP contribution in [-0.2, 0) is 11.3 Å². The topological polar surface area (TPSA) is 84.6 Å². The highest BCUT2D eigenvalue weighted by molar-refractivity contribution is 5.93. The summed E-state index contributed by atoms with van der Waals surface area (Å²) in [4.78, 5) is 38.4. The molecule has 0 bridgehead atoms. The number of rotatable bonds is 7. The van der Waals surface area contributed by atoms with Gasteiger partial charge < -0.3 is 19.7 Å². The number of pyridine rings is 1. The van der Waals surface area contributed by atoms with Gasteiger partial charge in [-0.25, -0.2) is 9.78 Å². The summed E-state index contributed by atoms with van der Waals surface area (Å²) in [6.45, 7) is 3.91. The minimum atomic E-state index is -0.136. The average molecular weight is 447 g/mol. The van der Waals surface area contributed by atoms with E-state index in [-0.39, 0.29) is 18.0 Å². The molecule has 0 spiro atoms. The van der Waals surface area contributed by atoms with Crippen molar-refractivity contribution in [2.24, 2.45) is 0 Å². The molecule has 1 aliphatic rings. The summed E-state index contributed by atoms with van der Waals surface area (Å²) in [5.41, 5.74) is 3.80. The second-order valence-corrected chi connectivity index (χ2v) is 8.70. The van der Waals surface area contributed by atoms with Crippen molar-refractivity contribution >= 4 is 34.7 Å². The van der Waals surface area contributed by atoms with E-state index >= 15 is 0 Å². The lowest BCUT2D eigenvalue weighted by molar-refractivity contribution is -0.126. The van der Waals surface area contributed by atoms with E-state index in [0.717, 1.165) is 34.3 Å². The predicted molar refractivity (Wildman–Crippen MR) is 131 cm³/mol. The maximum atomic E-state index is 12.8. The number of fused-ring (bicyclic) bond motifs is 2. The first-order valence-electron chi connectivity index (χ1n) is 11.0. The van der Waals surface area contributed by atoms with E-state index in [0.29, 0.717) is 18.9 Å². The summed E-state index contributed by atoms with van der Waals surface area (Å²) in [6, 6.07) is 11.9. The molecule has 172 valence electrons. The molecule has 0 radical (unpaired) electrons. The summed E-state index contributed by atoms with van der Waals surface area (Å²) in [6.07, 6.45) is 5.00. The van der Waals surface area contributed by atoms with Crippen LogP contribution < -0.4 is 5.32 Å². The Labute approximate surface area is 193 Å². The van der Waals surface area contributed by atoms with Crippen molar-refractivity contribution in [3.8, 4) is 0 Å². The van der Waals surface area contributed by atoms with Crippen molar-refractivity contribution in [2.75, 3.05) is 39.5 Å². The molecule has 1 aromatic carbocycles. The minimum absolute atomic E-state index is 0.0974. The number of carbonyl (C=O) groups is 2. The molecule has 0 saturated heterocycles. The first-order chi connectivity index (χ1) is 15.8. The summed E-state index contributed by atoms with van der Waals surface area (Å²) in [5, 5.41) is 3.97. The third-order valence-corrected chi connectivity index (χ3v) is 6.03. The van der Waals surface area contributed by atoms with E-state index < -0.39 is 0 Å². The molecule has 3 aromatic rings. The third-order valence-electron chi connectivity index (χ3n) is 6.03. The number of amides is 3. The Morgan fingerprint density at radius 3 is 2.79 bits per heavy atom. The molecule has 1 atom stereocenters. The molecule has 8 heteroatoms. The number of hydrogen-bond acceptors (Lipinski definition) is 4. The fraction of sp³-hybridized carbons (Fsp3) is 0.320. The Kier molecular flexibility index (Phi) is 6.46. The lowest BCUT2D eigenvalue weighted by atomic mass is 10.1. The van der Waals surface area contributed by atoms with Gasteiger partial charge in [-0.3, -0.25) is 10.1 Å². The molecular weight excluding hydrogens is 416 g/mol. The van der Waals surface area contributed by atoms with Crippen LogP contribution in [0.25, 0.3) is 17.0 Å². The first kappa shape index (κ1) is 22.5. The highest BCUT2D eigenvalue weighted by Gasteiger charge is 2.23. The Morgan fingerprint density at radius 1 is 1.24 bits per heavy atom. The van der Waals surface area contributed by atoms with Gasteiger partial charge in [0.05, 0.1) is 12.6 Å². The number of benzene rings is 1. The van der Waals surface area contributed by atoms with Gasteiger partial charge in [0.1, 0.15) is 5.82 Å². The minimum Gasteiger partial charge on any atom is -0.357 e. The smallest absolute Gasteiger partial charge is 0.323 e. The Hall–Kier alpha value is -3.65. The molecule has 33 heavy (non-hydrogen) atoms. The molecule has 8 nitrogen and oxygen atoms in total. The van der Waals surface area contributed by atoms with Crippen molar-refractivity contribution < 1.29 is 9.59 Å². The molecule has 1 unspecified atom stereocenters. The summed E-state index contributed by atoms with van der Waals surface area (Å²) < 4.78 is 0. The van der Waals surface area contributed by atoms with E-state index in [4.69, 9.17) is 0 Å². The van der Waals surface area contributed by atoms with E-state index in [1.807, 2.05) is 50.2 Å². The van der Waals surface area contributed by atoms with Gasteiger partial charge in [-0.05, 0) is 56.2 Å². The standard InChI is InChI=1S/C25H30N6O2/c1-17(22-14-19-7-5-6-8-21(19)27-22)30(4)23(32)10-9-18-13-20-16-31(12-11-29(2)3)25(33)28-24(20)26-15-18/h5-10,13-15,17,27H,11-12,16H2,1-4H3,(H,26,28,33)/b10-9+. The van der Waals surface area contributed by atoms with Crippen molar-refractivity contribution in [3.63, 3.8) is 0 Å². The van der Waals surface area contributed by atoms with Crippen molar-refractivity contribution in [3.05, 3.63) is 65.5 Å².